The van der Waals surface area contributed by atoms with Crippen LogP contribution in [0.2, 0.25) is 0 Å². The molecule has 0 bridgehead atoms. The summed E-state index contributed by atoms with van der Waals surface area (Å²) in [6, 6.07) is 14.2. The number of sulfonamides is 1. The SMILES string of the molecule is CC1CCN(S(=O)(=O)C(C)c2ccc3c(c2)Nc2ccccc2S3)CC1. The Morgan fingerprint density at radius 2 is 1.77 bits per heavy atom. The smallest absolute Gasteiger partial charge is 0.220 e. The summed E-state index contributed by atoms with van der Waals surface area (Å²) in [7, 11) is -3.33. The zero-order chi connectivity index (χ0) is 18.3. The lowest BCUT2D eigenvalue weighted by Crippen LogP contribution is -2.39. The van der Waals surface area contributed by atoms with E-state index < -0.39 is 15.3 Å². The molecule has 26 heavy (non-hydrogen) atoms. The molecular formula is C20H24N2O2S2. The molecule has 2 heterocycles. The molecule has 2 aliphatic rings. The molecule has 0 aromatic heterocycles. The number of rotatable bonds is 3. The maximum Gasteiger partial charge on any atom is 0.220 e. The van der Waals surface area contributed by atoms with Crippen LogP contribution in [-0.2, 0) is 10.0 Å². The lowest BCUT2D eigenvalue weighted by Gasteiger charge is -2.32. The van der Waals surface area contributed by atoms with Crippen molar-refractivity contribution in [2.45, 2.75) is 41.7 Å². The Labute approximate surface area is 160 Å². The molecule has 0 amide bonds. The second-order valence-electron chi connectivity index (χ2n) is 7.25. The summed E-state index contributed by atoms with van der Waals surface area (Å²) >= 11 is 1.72. The normalized spacial score (nSPS) is 19.3. The number of piperidine rings is 1. The second-order valence-corrected chi connectivity index (χ2v) is 10.6. The van der Waals surface area contributed by atoms with Gasteiger partial charge in [-0.05, 0) is 55.5 Å². The van der Waals surface area contributed by atoms with Crippen LogP contribution < -0.4 is 5.32 Å². The van der Waals surface area contributed by atoms with Crippen molar-refractivity contribution in [1.29, 1.82) is 0 Å². The van der Waals surface area contributed by atoms with Crippen molar-refractivity contribution in [1.82, 2.24) is 4.31 Å². The third kappa shape index (κ3) is 3.26. The molecule has 1 saturated heterocycles. The standard InChI is InChI=1S/C20H24N2O2S2/c1-14-9-11-22(12-10-14)26(23,24)15(2)16-7-8-20-18(13-16)21-17-5-3-4-6-19(17)25-20/h3-8,13-15,21H,9-12H2,1-2H3. The van der Waals surface area contributed by atoms with E-state index in [0.29, 0.717) is 19.0 Å². The van der Waals surface area contributed by atoms with Crippen LogP contribution in [-0.4, -0.2) is 25.8 Å². The van der Waals surface area contributed by atoms with Gasteiger partial charge in [0.15, 0.2) is 0 Å². The molecule has 2 aromatic rings. The Kier molecular flexibility index (Phi) is 4.75. The summed E-state index contributed by atoms with van der Waals surface area (Å²) in [5, 5.41) is 2.91. The van der Waals surface area contributed by atoms with E-state index in [2.05, 4.69) is 18.3 Å². The van der Waals surface area contributed by atoms with Crippen LogP contribution in [0.3, 0.4) is 0 Å². The van der Waals surface area contributed by atoms with E-state index in [4.69, 9.17) is 0 Å². The third-order valence-electron chi connectivity index (χ3n) is 5.40. The van der Waals surface area contributed by atoms with Crippen LogP contribution in [0.1, 0.15) is 37.5 Å². The molecule has 0 aliphatic carbocycles. The van der Waals surface area contributed by atoms with Gasteiger partial charge in [0.2, 0.25) is 10.0 Å². The average Bonchev–Trinajstić information content (AvgIpc) is 2.65. The molecule has 1 N–H and O–H groups in total. The first-order valence-corrected chi connectivity index (χ1v) is 11.4. The van der Waals surface area contributed by atoms with Crippen molar-refractivity contribution >= 4 is 33.2 Å². The van der Waals surface area contributed by atoms with Crippen LogP contribution in [0.25, 0.3) is 0 Å². The minimum atomic E-state index is -3.33. The molecule has 4 nitrogen and oxygen atoms in total. The highest BCUT2D eigenvalue weighted by Gasteiger charge is 2.32. The number of fused-ring (bicyclic) bond motifs is 2. The van der Waals surface area contributed by atoms with Gasteiger partial charge in [-0.15, -0.1) is 0 Å². The molecule has 2 aromatic carbocycles. The second kappa shape index (κ2) is 6.91. The Morgan fingerprint density at radius 3 is 2.54 bits per heavy atom. The molecule has 4 rings (SSSR count). The number of benzene rings is 2. The maximum absolute atomic E-state index is 13.1. The summed E-state index contributed by atoms with van der Waals surface area (Å²) in [4.78, 5) is 2.32. The molecule has 2 aliphatic heterocycles. The fourth-order valence-corrected chi connectivity index (χ4v) is 6.17. The minimum absolute atomic E-state index is 0.537. The fraction of sp³-hybridized carbons (Fsp3) is 0.400. The molecule has 1 unspecified atom stereocenters. The largest absolute Gasteiger partial charge is 0.354 e. The lowest BCUT2D eigenvalue weighted by atomic mass is 10.0. The van der Waals surface area contributed by atoms with Crippen molar-refractivity contribution in [2.75, 3.05) is 18.4 Å². The number of anilines is 2. The van der Waals surface area contributed by atoms with Crippen LogP contribution in [0.4, 0.5) is 11.4 Å². The fourth-order valence-electron chi connectivity index (χ4n) is 3.54. The van der Waals surface area contributed by atoms with E-state index in [9.17, 15) is 8.42 Å². The monoisotopic (exact) mass is 388 g/mol. The van der Waals surface area contributed by atoms with Crippen molar-refractivity contribution < 1.29 is 8.42 Å². The quantitative estimate of drug-likeness (QED) is 0.685. The number of para-hydroxylation sites is 1. The summed E-state index contributed by atoms with van der Waals surface area (Å²) < 4.78 is 27.8. The van der Waals surface area contributed by atoms with E-state index in [1.165, 1.54) is 4.90 Å². The first-order valence-electron chi connectivity index (χ1n) is 9.12. The van der Waals surface area contributed by atoms with Crippen LogP contribution in [0, 0.1) is 5.92 Å². The topological polar surface area (TPSA) is 49.4 Å². The Balaban J connectivity index is 1.59. The van der Waals surface area contributed by atoms with Gasteiger partial charge in [0, 0.05) is 22.9 Å². The first kappa shape index (κ1) is 17.9. The molecule has 0 radical (unpaired) electrons. The van der Waals surface area contributed by atoms with E-state index >= 15 is 0 Å². The Morgan fingerprint density at radius 1 is 1.08 bits per heavy atom. The van der Waals surface area contributed by atoms with Crippen LogP contribution in [0.15, 0.2) is 52.3 Å². The number of nitrogens with zero attached hydrogens (tertiary/aromatic N) is 1. The molecule has 6 heteroatoms. The van der Waals surface area contributed by atoms with E-state index in [1.54, 1.807) is 23.0 Å². The molecule has 1 fully saturated rings. The summed E-state index contributed by atoms with van der Waals surface area (Å²) in [6.07, 6.45) is 1.90. The molecule has 0 saturated carbocycles. The average molecular weight is 389 g/mol. The first-order chi connectivity index (χ1) is 12.4. The van der Waals surface area contributed by atoms with Gasteiger partial charge in [0.05, 0.1) is 16.6 Å². The maximum atomic E-state index is 13.1. The summed E-state index contributed by atoms with van der Waals surface area (Å²) in [5.74, 6) is 0.613. The summed E-state index contributed by atoms with van der Waals surface area (Å²) in [6.45, 7) is 5.28. The molecule has 138 valence electrons. The highest BCUT2D eigenvalue weighted by atomic mass is 32.2. The van der Waals surface area contributed by atoms with Crippen LogP contribution in [0.5, 0.6) is 0 Å². The zero-order valence-electron chi connectivity index (χ0n) is 15.1. The number of hydrogen-bond donors (Lipinski definition) is 1. The number of hydrogen-bond acceptors (Lipinski definition) is 4. The zero-order valence-corrected chi connectivity index (χ0v) is 16.7. The van der Waals surface area contributed by atoms with Crippen molar-refractivity contribution in [3.05, 3.63) is 48.0 Å². The van der Waals surface area contributed by atoms with Gasteiger partial charge in [-0.3, -0.25) is 0 Å². The lowest BCUT2D eigenvalue weighted by molar-refractivity contribution is 0.286. The predicted octanol–water partition coefficient (Wildman–Crippen LogP) is 5.02. The van der Waals surface area contributed by atoms with Crippen LogP contribution >= 0.6 is 11.8 Å². The van der Waals surface area contributed by atoms with Gasteiger partial charge in [-0.2, -0.15) is 0 Å². The van der Waals surface area contributed by atoms with Gasteiger partial charge in [0.25, 0.3) is 0 Å². The van der Waals surface area contributed by atoms with Gasteiger partial charge in [-0.1, -0.05) is 36.9 Å². The van der Waals surface area contributed by atoms with Gasteiger partial charge in [-0.25, -0.2) is 12.7 Å². The minimum Gasteiger partial charge on any atom is -0.354 e. The predicted molar refractivity (Wildman–Crippen MR) is 108 cm³/mol. The van der Waals surface area contributed by atoms with Gasteiger partial charge < -0.3 is 5.32 Å². The van der Waals surface area contributed by atoms with E-state index in [0.717, 1.165) is 34.7 Å². The summed E-state index contributed by atoms with van der Waals surface area (Å²) in [5.41, 5.74) is 2.90. The van der Waals surface area contributed by atoms with Crippen molar-refractivity contribution in [3.63, 3.8) is 0 Å². The Hall–Kier alpha value is -1.50. The highest BCUT2D eigenvalue weighted by molar-refractivity contribution is 7.99. The molecular weight excluding hydrogens is 364 g/mol. The highest BCUT2D eigenvalue weighted by Crippen LogP contribution is 2.45. The number of nitrogens with one attached hydrogen (secondary N) is 1. The third-order valence-corrected chi connectivity index (χ3v) is 8.80. The van der Waals surface area contributed by atoms with E-state index in [-0.39, 0.29) is 0 Å². The Bertz CT molecular complexity index is 919. The molecule has 1 atom stereocenters. The van der Waals surface area contributed by atoms with Gasteiger partial charge in [0.1, 0.15) is 0 Å². The van der Waals surface area contributed by atoms with E-state index in [1.807, 2.05) is 36.4 Å². The van der Waals surface area contributed by atoms with Crippen molar-refractivity contribution in [3.8, 4) is 0 Å². The van der Waals surface area contributed by atoms with Gasteiger partial charge >= 0.3 is 0 Å². The molecule has 0 spiro atoms. The van der Waals surface area contributed by atoms with Crippen molar-refractivity contribution in [2.24, 2.45) is 5.92 Å².